The summed E-state index contributed by atoms with van der Waals surface area (Å²) < 4.78 is 37.6. The van der Waals surface area contributed by atoms with E-state index < -0.39 is 17.7 Å². The lowest BCUT2D eigenvalue weighted by Gasteiger charge is -2.12. The first-order chi connectivity index (χ1) is 8.20. The van der Waals surface area contributed by atoms with Crippen molar-refractivity contribution in [3.8, 4) is 0 Å². The van der Waals surface area contributed by atoms with Gasteiger partial charge in [0.05, 0.1) is 12.0 Å². The Bertz CT molecular complexity index is 448. The summed E-state index contributed by atoms with van der Waals surface area (Å²) in [6.45, 7) is 1.71. The molecule has 1 N–H and O–H groups in total. The van der Waals surface area contributed by atoms with Crippen molar-refractivity contribution >= 4 is 33.7 Å². The van der Waals surface area contributed by atoms with Crippen LogP contribution in [0.4, 0.5) is 13.2 Å². The number of hydrogen-bond donors (Lipinski definition) is 1. The predicted octanol–water partition coefficient (Wildman–Crippen LogP) is 4.42. The van der Waals surface area contributed by atoms with Gasteiger partial charge in [-0.25, -0.2) is 0 Å². The summed E-state index contributed by atoms with van der Waals surface area (Å²) in [6, 6.07) is 3.33. The van der Waals surface area contributed by atoms with Gasteiger partial charge < -0.3 is 5.11 Å². The minimum atomic E-state index is -4.38. The van der Waals surface area contributed by atoms with E-state index in [1.165, 1.54) is 17.8 Å². The van der Waals surface area contributed by atoms with Gasteiger partial charge in [-0.05, 0) is 34.1 Å². The Balaban J connectivity index is 2.83. The number of hydrogen-bond acceptors (Lipinski definition) is 2. The second-order valence-electron chi connectivity index (χ2n) is 3.67. The van der Waals surface area contributed by atoms with Crippen molar-refractivity contribution < 1.29 is 23.1 Å². The van der Waals surface area contributed by atoms with Gasteiger partial charge >= 0.3 is 12.1 Å². The predicted molar refractivity (Wildman–Crippen MR) is 66.7 cm³/mol. The molecule has 2 nitrogen and oxygen atoms in total. The summed E-state index contributed by atoms with van der Waals surface area (Å²) in [5.41, 5.74) is -0.732. The maximum Gasteiger partial charge on any atom is 0.416 e. The lowest BCUT2D eigenvalue weighted by molar-refractivity contribution is -0.138. The van der Waals surface area contributed by atoms with Crippen molar-refractivity contribution in [3.05, 3.63) is 28.2 Å². The molecule has 1 aromatic carbocycles. The molecular formula is C11H10BrF3O2S. The Morgan fingerprint density at radius 3 is 2.56 bits per heavy atom. The fourth-order valence-corrected chi connectivity index (χ4v) is 2.91. The largest absolute Gasteiger partial charge is 0.481 e. The highest BCUT2D eigenvalue weighted by Gasteiger charge is 2.30. The summed E-state index contributed by atoms with van der Waals surface area (Å²) in [5.74, 6) is -0.932. The van der Waals surface area contributed by atoms with E-state index in [4.69, 9.17) is 5.11 Å². The first kappa shape index (κ1) is 15.4. The van der Waals surface area contributed by atoms with Crippen LogP contribution in [0, 0.1) is 0 Å². The van der Waals surface area contributed by atoms with E-state index in [1.807, 2.05) is 0 Å². The van der Waals surface area contributed by atoms with Gasteiger partial charge in [-0.15, -0.1) is 11.8 Å². The molecule has 0 aliphatic rings. The molecule has 1 atom stereocenters. The van der Waals surface area contributed by atoms with E-state index in [2.05, 4.69) is 15.9 Å². The van der Waals surface area contributed by atoms with Gasteiger partial charge in [0, 0.05) is 14.6 Å². The molecule has 1 rings (SSSR count). The molecule has 0 saturated heterocycles. The third kappa shape index (κ3) is 4.53. The zero-order valence-electron chi connectivity index (χ0n) is 9.29. The molecule has 0 aromatic heterocycles. The quantitative estimate of drug-likeness (QED) is 0.822. The Hall–Kier alpha value is -0.690. The van der Waals surface area contributed by atoms with Crippen molar-refractivity contribution in [3.63, 3.8) is 0 Å². The first-order valence-corrected chi connectivity index (χ1v) is 6.62. The summed E-state index contributed by atoms with van der Waals surface area (Å²) in [5, 5.41) is 8.40. The fraction of sp³-hybridized carbons (Fsp3) is 0.364. The molecule has 0 bridgehead atoms. The summed E-state index contributed by atoms with van der Waals surface area (Å²) in [4.78, 5) is 11.1. The maximum absolute atomic E-state index is 12.4. The summed E-state index contributed by atoms with van der Waals surface area (Å²) >= 11 is 4.29. The van der Waals surface area contributed by atoms with Crippen LogP contribution >= 0.6 is 27.7 Å². The molecule has 0 spiro atoms. The van der Waals surface area contributed by atoms with Crippen molar-refractivity contribution in [2.75, 3.05) is 0 Å². The van der Waals surface area contributed by atoms with Gasteiger partial charge in [0.2, 0.25) is 0 Å². The molecule has 0 saturated carbocycles. The average Bonchev–Trinajstić information content (AvgIpc) is 2.18. The molecule has 1 unspecified atom stereocenters. The molecule has 0 fully saturated rings. The number of carboxylic acid groups (broad SMARTS) is 1. The highest BCUT2D eigenvalue weighted by molar-refractivity contribution is 9.10. The summed E-state index contributed by atoms with van der Waals surface area (Å²) in [7, 11) is 0. The van der Waals surface area contributed by atoms with Crippen molar-refractivity contribution in [2.24, 2.45) is 0 Å². The van der Waals surface area contributed by atoms with E-state index in [0.717, 1.165) is 12.1 Å². The molecular weight excluding hydrogens is 333 g/mol. The van der Waals surface area contributed by atoms with Gasteiger partial charge in [-0.1, -0.05) is 6.92 Å². The number of thioether (sulfide) groups is 1. The van der Waals surface area contributed by atoms with Gasteiger partial charge in [0.1, 0.15) is 0 Å². The van der Waals surface area contributed by atoms with Crippen LogP contribution in [0.15, 0.2) is 27.6 Å². The van der Waals surface area contributed by atoms with E-state index >= 15 is 0 Å². The van der Waals surface area contributed by atoms with E-state index in [-0.39, 0.29) is 11.7 Å². The van der Waals surface area contributed by atoms with Gasteiger partial charge in [0.25, 0.3) is 0 Å². The van der Waals surface area contributed by atoms with Crippen LogP contribution in [0.1, 0.15) is 18.9 Å². The number of carboxylic acids is 1. The number of carbonyl (C=O) groups is 1. The summed E-state index contributed by atoms with van der Waals surface area (Å²) in [6.07, 6.45) is -4.42. The van der Waals surface area contributed by atoms with E-state index in [1.54, 1.807) is 6.92 Å². The lowest BCUT2D eigenvalue weighted by atomic mass is 10.2. The zero-order chi connectivity index (χ0) is 13.9. The van der Waals surface area contributed by atoms with Crippen LogP contribution in [0.25, 0.3) is 0 Å². The minimum Gasteiger partial charge on any atom is -0.481 e. The molecule has 0 heterocycles. The zero-order valence-corrected chi connectivity index (χ0v) is 11.7. The number of alkyl halides is 3. The Morgan fingerprint density at radius 2 is 2.11 bits per heavy atom. The number of rotatable bonds is 4. The third-order valence-corrected chi connectivity index (χ3v) is 4.15. The van der Waals surface area contributed by atoms with E-state index in [9.17, 15) is 18.0 Å². The second kappa shape index (κ2) is 5.97. The van der Waals surface area contributed by atoms with Gasteiger partial charge in [-0.3, -0.25) is 4.79 Å². The first-order valence-electron chi connectivity index (χ1n) is 4.95. The molecule has 0 aliphatic heterocycles. The monoisotopic (exact) mass is 342 g/mol. The standard InChI is InChI=1S/C11H10BrF3O2S/c1-6(4-10(16)17)18-9-3-2-7(5-8(9)12)11(13,14)15/h2-3,5-6H,4H2,1H3,(H,16,17). The molecule has 18 heavy (non-hydrogen) atoms. The Labute approximate surface area is 115 Å². The van der Waals surface area contributed by atoms with Crippen LogP contribution in [-0.2, 0) is 11.0 Å². The maximum atomic E-state index is 12.4. The highest BCUT2D eigenvalue weighted by atomic mass is 79.9. The normalized spacial score (nSPS) is 13.4. The highest BCUT2D eigenvalue weighted by Crippen LogP contribution is 2.37. The number of aliphatic carboxylic acids is 1. The van der Waals surface area contributed by atoms with Crippen molar-refractivity contribution in [1.82, 2.24) is 0 Å². The minimum absolute atomic E-state index is 0.0435. The third-order valence-electron chi connectivity index (χ3n) is 2.05. The van der Waals surface area contributed by atoms with Gasteiger partial charge in [-0.2, -0.15) is 13.2 Å². The van der Waals surface area contributed by atoms with Crippen LogP contribution in [0.3, 0.4) is 0 Å². The molecule has 0 aliphatic carbocycles. The lowest BCUT2D eigenvalue weighted by Crippen LogP contribution is -2.06. The molecule has 0 radical (unpaired) electrons. The fourth-order valence-electron chi connectivity index (χ4n) is 1.28. The van der Waals surface area contributed by atoms with Crippen molar-refractivity contribution in [2.45, 2.75) is 29.7 Å². The molecule has 1 aromatic rings. The average molecular weight is 343 g/mol. The van der Waals surface area contributed by atoms with E-state index in [0.29, 0.717) is 9.37 Å². The number of benzene rings is 1. The SMILES string of the molecule is CC(CC(=O)O)Sc1ccc(C(F)(F)F)cc1Br. The molecule has 0 amide bonds. The van der Waals surface area contributed by atoms with Crippen LogP contribution in [0.2, 0.25) is 0 Å². The molecule has 7 heteroatoms. The molecule has 100 valence electrons. The second-order valence-corrected chi connectivity index (χ2v) is 6.00. The Morgan fingerprint density at radius 1 is 1.50 bits per heavy atom. The smallest absolute Gasteiger partial charge is 0.416 e. The van der Waals surface area contributed by atoms with Crippen molar-refractivity contribution in [1.29, 1.82) is 0 Å². The number of halogens is 4. The topological polar surface area (TPSA) is 37.3 Å². The van der Waals surface area contributed by atoms with Gasteiger partial charge in [0.15, 0.2) is 0 Å². The van der Waals surface area contributed by atoms with Crippen LogP contribution in [0.5, 0.6) is 0 Å². The van der Waals surface area contributed by atoms with Crippen LogP contribution in [-0.4, -0.2) is 16.3 Å². The Kier molecular flexibility index (Phi) is 5.10. The van der Waals surface area contributed by atoms with Crippen LogP contribution < -0.4 is 0 Å².